The van der Waals surface area contributed by atoms with E-state index in [0.717, 1.165) is 0 Å². The Hall–Kier alpha value is -2.31. The maximum absolute atomic E-state index is 11.3. The third-order valence-corrected chi connectivity index (χ3v) is 1.49. The zero-order valence-corrected chi connectivity index (χ0v) is 11.1. The maximum atomic E-state index is 11.3. The Morgan fingerprint density at radius 2 is 1.53 bits per heavy atom. The summed E-state index contributed by atoms with van der Waals surface area (Å²) in [6, 6.07) is -0.130. The van der Waals surface area contributed by atoms with E-state index in [1.54, 1.807) is 13.8 Å². The van der Waals surface area contributed by atoms with E-state index in [-0.39, 0.29) is 25.2 Å². The number of alkyl carbamates (subject to hydrolysis) is 2. The first-order valence-corrected chi connectivity index (χ1v) is 5.66. The van der Waals surface area contributed by atoms with Gasteiger partial charge < -0.3 is 9.47 Å². The normalized spacial score (nSPS) is 9.21. The Kier molecular flexibility index (Phi) is 8.51. The molecule has 2 amide bonds. The highest BCUT2D eigenvalue weighted by Crippen LogP contribution is 1.88. The van der Waals surface area contributed by atoms with E-state index in [2.05, 4.69) is 28.8 Å². The molecule has 0 saturated carbocycles. The Balaban J connectivity index is 4.47. The van der Waals surface area contributed by atoms with Gasteiger partial charge in [0.2, 0.25) is 5.96 Å². The van der Waals surface area contributed by atoms with E-state index in [1.807, 2.05) is 0 Å². The summed E-state index contributed by atoms with van der Waals surface area (Å²) in [5.74, 6) is -0.0434. The van der Waals surface area contributed by atoms with Crippen molar-refractivity contribution in [3.8, 4) is 0 Å². The minimum absolute atomic E-state index is 0.0434. The summed E-state index contributed by atoms with van der Waals surface area (Å²) in [5, 5.41) is 4.59. The van der Waals surface area contributed by atoms with Gasteiger partial charge in [-0.2, -0.15) is 0 Å². The van der Waals surface area contributed by atoms with E-state index in [1.165, 1.54) is 12.2 Å². The average Bonchev–Trinajstić information content (AvgIpc) is 2.32. The molecule has 0 saturated heterocycles. The summed E-state index contributed by atoms with van der Waals surface area (Å²) in [6.07, 6.45) is 1.35. The number of hydrogen-bond acceptors (Lipinski definition) is 5. The lowest BCUT2D eigenvalue weighted by Crippen LogP contribution is -2.44. The second kappa shape index (κ2) is 9.69. The molecule has 2 N–H and O–H groups in total. The number of rotatable bonds is 5. The van der Waals surface area contributed by atoms with E-state index in [9.17, 15) is 9.59 Å². The van der Waals surface area contributed by atoms with Gasteiger partial charge in [0.1, 0.15) is 13.2 Å². The van der Waals surface area contributed by atoms with Crippen molar-refractivity contribution >= 4 is 18.1 Å². The molecule has 0 aromatic carbocycles. The Bertz CT molecular complexity index is 336. The zero-order valence-electron chi connectivity index (χ0n) is 11.1. The van der Waals surface area contributed by atoms with Crippen LogP contribution >= 0.6 is 0 Å². The van der Waals surface area contributed by atoms with E-state index < -0.39 is 12.2 Å². The van der Waals surface area contributed by atoms with E-state index >= 15 is 0 Å². The van der Waals surface area contributed by atoms with Crippen molar-refractivity contribution in [1.29, 1.82) is 0 Å². The second-order valence-electron chi connectivity index (χ2n) is 3.60. The monoisotopic (exact) mass is 269 g/mol. The second-order valence-corrected chi connectivity index (χ2v) is 3.60. The van der Waals surface area contributed by atoms with Crippen LogP contribution in [0.15, 0.2) is 30.3 Å². The van der Waals surface area contributed by atoms with Crippen LogP contribution in [0.4, 0.5) is 9.59 Å². The lowest BCUT2D eigenvalue weighted by molar-refractivity contribution is 0.160. The SMILES string of the molecule is C=CCOC(=O)NC(=NC(C)C)NC(=O)OCC=C. The molecular formula is C12H19N3O4. The van der Waals surface area contributed by atoms with Gasteiger partial charge in [-0.1, -0.05) is 25.3 Å². The van der Waals surface area contributed by atoms with Crippen molar-refractivity contribution < 1.29 is 19.1 Å². The molecule has 0 spiro atoms. The van der Waals surface area contributed by atoms with Crippen LogP contribution in [-0.4, -0.2) is 37.4 Å². The summed E-state index contributed by atoms with van der Waals surface area (Å²) < 4.78 is 9.42. The molecule has 7 heteroatoms. The van der Waals surface area contributed by atoms with Crippen molar-refractivity contribution in [2.45, 2.75) is 19.9 Å². The molecule has 106 valence electrons. The van der Waals surface area contributed by atoms with Gasteiger partial charge in [0.25, 0.3) is 0 Å². The third kappa shape index (κ3) is 9.40. The van der Waals surface area contributed by atoms with Crippen LogP contribution in [0.25, 0.3) is 0 Å². The molecule has 0 unspecified atom stereocenters. The lowest BCUT2D eigenvalue weighted by atomic mass is 10.4. The number of carbonyl (C=O) groups excluding carboxylic acids is 2. The highest BCUT2D eigenvalue weighted by molar-refractivity contribution is 6.01. The molecule has 0 aromatic heterocycles. The smallest absolute Gasteiger partial charge is 0.414 e. The molecule has 0 bridgehead atoms. The van der Waals surface area contributed by atoms with Crippen LogP contribution in [0.2, 0.25) is 0 Å². The van der Waals surface area contributed by atoms with Crippen molar-refractivity contribution in [1.82, 2.24) is 10.6 Å². The molecule has 19 heavy (non-hydrogen) atoms. The van der Waals surface area contributed by atoms with Crippen molar-refractivity contribution in [3.05, 3.63) is 25.3 Å². The number of aliphatic imine (C=N–C) groups is 1. The molecule has 0 atom stereocenters. The highest BCUT2D eigenvalue weighted by atomic mass is 16.6. The fourth-order valence-electron chi connectivity index (χ4n) is 0.889. The molecule has 0 radical (unpaired) electrons. The van der Waals surface area contributed by atoms with Crippen LogP contribution in [0.5, 0.6) is 0 Å². The topological polar surface area (TPSA) is 89.0 Å². The van der Waals surface area contributed by atoms with Gasteiger partial charge in [0, 0.05) is 6.04 Å². The Labute approximate surface area is 112 Å². The van der Waals surface area contributed by atoms with Crippen molar-refractivity contribution in [2.24, 2.45) is 4.99 Å². The molecule has 0 aliphatic carbocycles. The standard InChI is InChI=1S/C12H19N3O4/c1-5-7-18-11(16)14-10(13-9(3)4)15-12(17)19-8-6-2/h5-6,9H,1-2,7-8H2,3-4H3,(H2,13,14,15,16,17). The fraction of sp³-hybridized carbons (Fsp3) is 0.417. The molecule has 0 aliphatic heterocycles. The van der Waals surface area contributed by atoms with Crippen LogP contribution in [0.3, 0.4) is 0 Å². The maximum Gasteiger partial charge on any atom is 0.414 e. The highest BCUT2D eigenvalue weighted by Gasteiger charge is 2.11. The summed E-state index contributed by atoms with van der Waals surface area (Å²) in [5.41, 5.74) is 0. The lowest BCUT2D eigenvalue weighted by Gasteiger charge is -2.11. The van der Waals surface area contributed by atoms with Gasteiger partial charge >= 0.3 is 12.2 Å². The summed E-state index contributed by atoms with van der Waals surface area (Å²) >= 11 is 0. The number of ether oxygens (including phenoxy) is 2. The molecule has 7 nitrogen and oxygen atoms in total. The predicted octanol–water partition coefficient (Wildman–Crippen LogP) is 1.58. The number of nitrogens with one attached hydrogen (secondary N) is 2. The minimum Gasteiger partial charge on any atom is -0.445 e. The van der Waals surface area contributed by atoms with Crippen LogP contribution < -0.4 is 10.6 Å². The molecule has 0 aromatic rings. The fourth-order valence-corrected chi connectivity index (χ4v) is 0.889. The Morgan fingerprint density at radius 1 is 1.11 bits per heavy atom. The number of carbonyl (C=O) groups is 2. The Morgan fingerprint density at radius 3 is 1.84 bits per heavy atom. The first kappa shape index (κ1) is 16.7. The molecule has 0 aliphatic rings. The van der Waals surface area contributed by atoms with E-state index in [4.69, 9.17) is 9.47 Å². The predicted molar refractivity (Wildman–Crippen MR) is 71.9 cm³/mol. The summed E-state index contributed by atoms with van der Waals surface area (Å²) in [4.78, 5) is 26.7. The minimum atomic E-state index is -0.747. The molecular weight excluding hydrogens is 250 g/mol. The van der Waals surface area contributed by atoms with Crippen LogP contribution in [-0.2, 0) is 9.47 Å². The van der Waals surface area contributed by atoms with Crippen molar-refractivity contribution in [3.63, 3.8) is 0 Å². The summed E-state index contributed by atoms with van der Waals surface area (Å²) in [6.45, 7) is 10.5. The number of amides is 2. The third-order valence-electron chi connectivity index (χ3n) is 1.49. The van der Waals surface area contributed by atoms with Gasteiger partial charge in [0.15, 0.2) is 0 Å². The number of hydrogen-bond donors (Lipinski definition) is 2. The quantitative estimate of drug-likeness (QED) is 0.450. The van der Waals surface area contributed by atoms with Crippen LogP contribution in [0, 0.1) is 0 Å². The van der Waals surface area contributed by atoms with Crippen LogP contribution in [0.1, 0.15) is 13.8 Å². The van der Waals surface area contributed by atoms with Gasteiger partial charge in [-0.05, 0) is 13.8 Å². The van der Waals surface area contributed by atoms with Gasteiger partial charge in [-0.25, -0.2) is 14.6 Å². The van der Waals surface area contributed by atoms with Crippen molar-refractivity contribution in [2.75, 3.05) is 13.2 Å². The summed E-state index contributed by atoms with van der Waals surface area (Å²) in [7, 11) is 0. The zero-order chi connectivity index (χ0) is 14.7. The average molecular weight is 269 g/mol. The number of guanidine groups is 1. The molecule has 0 rings (SSSR count). The van der Waals surface area contributed by atoms with Gasteiger partial charge in [-0.15, -0.1) is 0 Å². The van der Waals surface area contributed by atoms with E-state index in [0.29, 0.717) is 0 Å². The van der Waals surface area contributed by atoms with Gasteiger partial charge in [-0.3, -0.25) is 10.6 Å². The largest absolute Gasteiger partial charge is 0.445 e. The molecule has 0 fully saturated rings. The first-order valence-electron chi connectivity index (χ1n) is 5.66. The van der Waals surface area contributed by atoms with Gasteiger partial charge in [0.05, 0.1) is 0 Å². The number of nitrogens with zero attached hydrogens (tertiary/aromatic N) is 1. The first-order chi connectivity index (χ1) is 8.99. The molecule has 0 heterocycles.